The quantitative estimate of drug-likeness (QED) is 0.900. The summed E-state index contributed by atoms with van der Waals surface area (Å²) in [5.74, 6) is 0.772. The summed E-state index contributed by atoms with van der Waals surface area (Å²) < 4.78 is 0. The highest BCUT2D eigenvalue weighted by molar-refractivity contribution is 7.11. The van der Waals surface area contributed by atoms with Gasteiger partial charge in [0.15, 0.2) is 0 Å². The number of nitrogens with zero attached hydrogens (tertiary/aromatic N) is 2. The van der Waals surface area contributed by atoms with E-state index in [0.717, 1.165) is 68.7 Å². The van der Waals surface area contributed by atoms with Crippen LogP contribution in [0.2, 0.25) is 0 Å². The molecule has 1 saturated carbocycles. The average molecular weight is 362 g/mol. The summed E-state index contributed by atoms with van der Waals surface area (Å²) in [6.07, 6.45) is 8.07. The van der Waals surface area contributed by atoms with Gasteiger partial charge in [0.2, 0.25) is 11.8 Å². The summed E-state index contributed by atoms with van der Waals surface area (Å²) in [7, 11) is 0. The minimum absolute atomic E-state index is 0.0375. The molecule has 0 spiro atoms. The molecule has 136 valence electrons. The van der Waals surface area contributed by atoms with Crippen LogP contribution in [0.1, 0.15) is 66.6 Å². The molecule has 4 rings (SSSR count). The number of carbonyl (C=O) groups is 2. The first-order valence-corrected chi connectivity index (χ1v) is 10.5. The Hall–Kier alpha value is -1.43. The molecule has 1 N–H and O–H groups in total. The van der Waals surface area contributed by atoms with E-state index >= 15 is 0 Å². The fraction of sp³-hybridized carbons (Fsp3) is 0.737. The van der Waals surface area contributed by atoms with Gasteiger partial charge in [0.25, 0.3) is 0 Å². The zero-order valence-corrected chi connectivity index (χ0v) is 15.7. The lowest BCUT2D eigenvalue weighted by atomic mass is 9.83. The molecule has 1 aliphatic heterocycles. The number of fused-ring (bicyclic) bond motifs is 1. The van der Waals surface area contributed by atoms with E-state index in [2.05, 4.69) is 10.3 Å². The summed E-state index contributed by atoms with van der Waals surface area (Å²) in [5.41, 5.74) is 1.10. The first-order chi connectivity index (χ1) is 12.1. The molecule has 3 aliphatic rings. The van der Waals surface area contributed by atoms with Crippen LogP contribution in [0, 0.1) is 18.8 Å². The summed E-state index contributed by atoms with van der Waals surface area (Å²) in [6.45, 7) is 3.51. The van der Waals surface area contributed by atoms with Crippen molar-refractivity contribution in [2.24, 2.45) is 11.8 Å². The van der Waals surface area contributed by atoms with Crippen molar-refractivity contribution in [3.8, 4) is 0 Å². The van der Waals surface area contributed by atoms with Gasteiger partial charge >= 0.3 is 0 Å². The van der Waals surface area contributed by atoms with Gasteiger partial charge in [-0.15, -0.1) is 11.3 Å². The third kappa shape index (κ3) is 3.46. The second-order valence-corrected chi connectivity index (χ2v) is 9.01. The van der Waals surface area contributed by atoms with Crippen molar-refractivity contribution in [3.63, 3.8) is 0 Å². The molecule has 2 fully saturated rings. The van der Waals surface area contributed by atoms with Crippen molar-refractivity contribution in [3.05, 3.63) is 15.6 Å². The van der Waals surface area contributed by atoms with Crippen LogP contribution in [0.15, 0.2) is 0 Å². The maximum Gasteiger partial charge on any atom is 0.225 e. The highest BCUT2D eigenvalue weighted by Crippen LogP contribution is 2.34. The summed E-state index contributed by atoms with van der Waals surface area (Å²) in [5, 5.41) is 4.34. The first kappa shape index (κ1) is 17.0. The van der Waals surface area contributed by atoms with Gasteiger partial charge in [0.1, 0.15) is 0 Å². The normalized spacial score (nSPS) is 24.5. The maximum atomic E-state index is 12.7. The van der Waals surface area contributed by atoms with Crippen LogP contribution < -0.4 is 5.32 Å². The molecule has 1 saturated heterocycles. The van der Waals surface area contributed by atoms with Gasteiger partial charge in [-0.1, -0.05) is 6.42 Å². The number of aryl methyl sites for hydroxylation is 2. The highest BCUT2D eigenvalue weighted by Gasteiger charge is 2.34. The Balaban J connectivity index is 1.31. The molecular formula is C19H27N3O2S. The largest absolute Gasteiger partial charge is 0.347 e. The molecule has 0 unspecified atom stereocenters. The lowest BCUT2D eigenvalue weighted by molar-refractivity contribution is -0.141. The average Bonchev–Trinajstić information content (AvgIpc) is 2.94. The number of thiazole rings is 1. The SMILES string of the molecule is Cc1nc2c(s1)CCC[C@H]2NC(=O)C1CCN(C(=O)C2CCC2)CC1. The van der Waals surface area contributed by atoms with E-state index in [0.29, 0.717) is 5.91 Å². The number of likely N-dealkylation sites (tertiary alicyclic amines) is 1. The number of nitrogens with one attached hydrogen (secondary N) is 1. The minimum atomic E-state index is 0.0375. The van der Waals surface area contributed by atoms with E-state index in [4.69, 9.17) is 0 Å². The molecule has 2 amide bonds. The number of carbonyl (C=O) groups excluding carboxylic acids is 2. The first-order valence-electron chi connectivity index (χ1n) is 9.67. The number of hydrogen-bond donors (Lipinski definition) is 1. The van der Waals surface area contributed by atoms with Gasteiger partial charge in [-0.05, 0) is 51.9 Å². The van der Waals surface area contributed by atoms with E-state index < -0.39 is 0 Å². The monoisotopic (exact) mass is 361 g/mol. The van der Waals surface area contributed by atoms with Crippen molar-refractivity contribution in [2.45, 2.75) is 64.3 Å². The van der Waals surface area contributed by atoms with Gasteiger partial charge in [-0.25, -0.2) is 4.98 Å². The molecule has 25 heavy (non-hydrogen) atoms. The molecule has 1 aromatic heterocycles. The smallest absolute Gasteiger partial charge is 0.225 e. The van der Waals surface area contributed by atoms with Gasteiger partial charge in [-0.2, -0.15) is 0 Å². The topological polar surface area (TPSA) is 62.3 Å². The molecule has 2 aliphatic carbocycles. The Labute approximate surface area is 153 Å². The van der Waals surface area contributed by atoms with Crippen molar-refractivity contribution in [2.75, 3.05) is 13.1 Å². The molecular weight excluding hydrogens is 334 g/mol. The maximum absolute atomic E-state index is 12.7. The molecule has 6 heteroatoms. The van der Waals surface area contributed by atoms with Crippen molar-refractivity contribution >= 4 is 23.2 Å². The predicted molar refractivity (Wildman–Crippen MR) is 97.3 cm³/mol. The third-order valence-corrected chi connectivity index (χ3v) is 7.06. The molecule has 2 heterocycles. The Morgan fingerprint density at radius 3 is 2.52 bits per heavy atom. The van der Waals surface area contributed by atoms with Crippen LogP contribution in [0.3, 0.4) is 0 Å². The van der Waals surface area contributed by atoms with Crippen LogP contribution in [0.25, 0.3) is 0 Å². The number of rotatable bonds is 3. The summed E-state index contributed by atoms with van der Waals surface area (Å²) in [4.78, 5) is 33.0. The van der Waals surface area contributed by atoms with Gasteiger partial charge < -0.3 is 10.2 Å². The van der Waals surface area contributed by atoms with Crippen LogP contribution in [-0.4, -0.2) is 34.8 Å². The van der Waals surface area contributed by atoms with Crippen molar-refractivity contribution < 1.29 is 9.59 Å². The lowest BCUT2D eigenvalue weighted by Gasteiger charge is -2.36. The minimum Gasteiger partial charge on any atom is -0.347 e. The van der Waals surface area contributed by atoms with E-state index in [1.165, 1.54) is 11.3 Å². The third-order valence-electron chi connectivity index (χ3n) is 6.01. The Kier molecular flexibility index (Phi) is 4.80. The number of amides is 2. The van der Waals surface area contributed by atoms with Gasteiger partial charge in [-0.3, -0.25) is 9.59 Å². The Bertz CT molecular complexity index is 660. The molecule has 0 bridgehead atoms. The van der Waals surface area contributed by atoms with E-state index in [-0.39, 0.29) is 23.8 Å². The zero-order valence-electron chi connectivity index (χ0n) is 14.9. The van der Waals surface area contributed by atoms with Crippen LogP contribution in [0.4, 0.5) is 0 Å². The fourth-order valence-corrected chi connectivity index (χ4v) is 5.29. The second kappa shape index (κ2) is 7.06. The number of piperidine rings is 1. The second-order valence-electron chi connectivity index (χ2n) is 7.72. The molecule has 0 aromatic carbocycles. The molecule has 5 nitrogen and oxygen atoms in total. The van der Waals surface area contributed by atoms with Gasteiger partial charge in [0.05, 0.1) is 16.7 Å². The lowest BCUT2D eigenvalue weighted by Crippen LogP contribution is -2.46. The fourth-order valence-electron chi connectivity index (χ4n) is 4.25. The Morgan fingerprint density at radius 2 is 1.84 bits per heavy atom. The zero-order chi connectivity index (χ0) is 17.4. The van der Waals surface area contributed by atoms with Crippen LogP contribution >= 0.6 is 11.3 Å². The standard InChI is InChI=1S/C19H27N3O2S/c1-12-20-17-15(6-3-7-16(17)25-12)21-18(23)13-8-10-22(11-9-13)19(24)14-4-2-5-14/h13-15H,2-11H2,1H3,(H,21,23)/t15-/m1/s1. The van der Waals surface area contributed by atoms with Crippen LogP contribution in [0.5, 0.6) is 0 Å². The van der Waals surface area contributed by atoms with Crippen molar-refractivity contribution in [1.29, 1.82) is 0 Å². The summed E-state index contributed by atoms with van der Waals surface area (Å²) >= 11 is 1.76. The van der Waals surface area contributed by atoms with Crippen LogP contribution in [-0.2, 0) is 16.0 Å². The summed E-state index contributed by atoms with van der Waals surface area (Å²) in [6, 6.07) is 0.0795. The highest BCUT2D eigenvalue weighted by atomic mass is 32.1. The number of hydrogen-bond acceptors (Lipinski definition) is 4. The molecule has 1 aromatic rings. The molecule has 0 radical (unpaired) electrons. The number of aromatic nitrogens is 1. The molecule has 1 atom stereocenters. The van der Waals surface area contributed by atoms with E-state index in [1.807, 2.05) is 11.8 Å². The van der Waals surface area contributed by atoms with E-state index in [9.17, 15) is 9.59 Å². The van der Waals surface area contributed by atoms with E-state index in [1.54, 1.807) is 11.3 Å². The van der Waals surface area contributed by atoms with Gasteiger partial charge in [0, 0.05) is 29.8 Å². The van der Waals surface area contributed by atoms with Crippen molar-refractivity contribution in [1.82, 2.24) is 15.2 Å². The Morgan fingerprint density at radius 1 is 1.08 bits per heavy atom. The predicted octanol–water partition coefficient (Wildman–Crippen LogP) is 2.98.